The van der Waals surface area contributed by atoms with Crippen LogP contribution in [0.5, 0.6) is 0 Å². The first-order valence-corrected chi connectivity index (χ1v) is 12.8. The molecule has 4 heterocycles. The summed E-state index contributed by atoms with van der Waals surface area (Å²) in [5.41, 5.74) is 10.3. The van der Waals surface area contributed by atoms with Gasteiger partial charge in [-0.1, -0.05) is 6.07 Å². The zero-order valence-corrected chi connectivity index (χ0v) is 21.9. The molecule has 1 aromatic carbocycles. The van der Waals surface area contributed by atoms with Gasteiger partial charge in [0.2, 0.25) is 5.95 Å². The number of ether oxygens (including phenoxy) is 1. The smallest absolute Gasteiger partial charge is 0.293 e. The van der Waals surface area contributed by atoms with Crippen LogP contribution in [0.2, 0.25) is 0 Å². The first kappa shape index (κ1) is 25.1. The number of imidazole rings is 1. The number of fused-ring (bicyclic) bond motifs is 2. The molecule has 0 bridgehead atoms. The van der Waals surface area contributed by atoms with Crippen LogP contribution < -0.4 is 21.8 Å². The second-order valence-electron chi connectivity index (χ2n) is 9.70. The molecule has 0 aliphatic carbocycles. The summed E-state index contributed by atoms with van der Waals surface area (Å²) in [4.78, 5) is 43.8. The van der Waals surface area contributed by atoms with Crippen molar-refractivity contribution in [1.29, 1.82) is 0 Å². The molecule has 1 fully saturated rings. The molecule has 1 unspecified atom stereocenters. The van der Waals surface area contributed by atoms with Gasteiger partial charge in [0, 0.05) is 32.8 Å². The molecule has 0 amide bonds. The topological polar surface area (TPSA) is 126 Å². The van der Waals surface area contributed by atoms with Crippen LogP contribution in [0.3, 0.4) is 0 Å². The fourth-order valence-corrected chi connectivity index (χ4v) is 5.11. The highest BCUT2D eigenvalue weighted by atomic mass is 16.5. The molecule has 5 rings (SSSR count). The number of benzene rings is 1. The van der Waals surface area contributed by atoms with Gasteiger partial charge in [0.25, 0.3) is 11.1 Å². The van der Waals surface area contributed by atoms with Gasteiger partial charge in [-0.25, -0.2) is 24.3 Å². The van der Waals surface area contributed by atoms with Crippen LogP contribution in [0.25, 0.3) is 22.1 Å². The summed E-state index contributed by atoms with van der Waals surface area (Å²) in [6.45, 7) is 8.49. The van der Waals surface area contributed by atoms with Crippen LogP contribution in [0, 0.1) is 13.8 Å². The molecule has 2 N–H and O–H groups in total. The van der Waals surface area contributed by atoms with Gasteiger partial charge in [-0.2, -0.15) is 0 Å². The lowest BCUT2D eigenvalue weighted by molar-refractivity contribution is 0.175. The number of nitrogens with zero attached hydrogens (tertiary/aromatic N) is 7. The third-order valence-electron chi connectivity index (χ3n) is 7.15. The van der Waals surface area contributed by atoms with Crippen LogP contribution in [-0.2, 0) is 24.4 Å². The number of nitrogens with two attached hydrogens (primary N) is 1. The lowest BCUT2D eigenvalue weighted by Crippen LogP contribution is -2.44. The second-order valence-corrected chi connectivity index (χ2v) is 9.70. The Balaban J connectivity index is 1.67. The first-order valence-electron chi connectivity index (χ1n) is 12.8. The molecule has 1 aliphatic heterocycles. The van der Waals surface area contributed by atoms with E-state index in [2.05, 4.69) is 14.9 Å². The van der Waals surface area contributed by atoms with Crippen molar-refractivity contribution in [1.82, 2.24) is 28.9 Å². The fraction of sp³-hybridized carbons (Fsp3) is 0.500. The minimum atomic E-state index is -0.312. The maximum atomic E-state index is 14.0. The highest BCUT2D eigenvalue weighted by Gasteiger charge is 2.26. The maximum Gasteiger partial charge on any atom is 0.293 e. The zero-order valence-electron chi connectivity index (χ0n) is 21.9. The molecular formula is C26H34N8O3. The number of methoxy groups -OCH3 is 1. The highest BCUT2D eigenvalue weighted by molar-refractivity contribution is 5.77. The summed E-state index contributed by atoms with van der Waals surface area (Å²) in [7, 11) is 1.57. The van der Waals surface area contributed by atoms with E-state index in [9.17, 15) is 9.59 Å². The lowest BCUT2D eigenvalue weighted by atomic mass is 10.1. The Labute approximate surface area is 214 Å². The van der Waals surface area contributed by atoms with E-state index in [4.69, 9.17) is 15.5 Å². The van der Waals surface area contributed by atoms with E-state index in [1.54, 1.807) is 7.11 Å². The quantitative estimate of drug-likeness (QED) is 0.400. The number of anilines is 1. The minimum Gasteiger partial charge on any atom is -0.383 e. The third-order valence-corrected chi connectivity index (χ3v) is 7.15. The Morgan fingerprint density at radius 1 is 1.05 bits per heavy atom. The molecule has 4 aromatic rings. The van der Waals surface area contributed by atoms with Crippen molar-refractivity contribution < 1.29 is 4.74 Å². The number of aryl methyl sites for hydroxylation is 3. The van der Waals surface area contributed by atoms with Gasteiger partial charge in [0.15, 0.2) is 5.52 Å². The van der Waals surface area contributed by atoms with Crippen LogP contribution in [-0.4, -0.2) is 61.7 Å². The molecule has 11 heteroatoms. The van der Waals surface area contributed by atoms with Crippen molar-refractivity contribution in [3.05, 3.63) is 55.9 Å². The van der Waals surface area contributed by atoms with Crippen molar-refractivity contribution in [2.45, 2.75) is 59.3 Å². The average molecular weight is 507 g/mol. The van der Waals surface area contributed by atoms with Gasteiger partial charge in [-0.05, 0) is 51.3 Å². The molecule has 37 heavy (non-hydrogen) atoms. The van der Waals surface area contributed by atoms with Crippen LogP contribution in [0.15, 0.2) is 27.8 Å². The minimum absolute atomic E-state index is 0.0392. The molecule has 1 atom stereocenters. The molecule has 3 aromatic heterocycles. The summed E-state index contributed by atoms with van der Waals surface area (Å²) < 4.78 is 10.1. The van der Waals surface area contributed by atoms with Gasteiger partial charge in [-0.3, -0.25) is 9.59 Å². The van der Waals surface area contributed by atoms with Gasteiger partial charge in [0.1, 0.15) is 5.52 Å². The third kappa shape index (κ3) is 4.53. The van der Waals surface area contributed by atoms with Crippen LogP contribution >= 0.6 is 0 Å². The average Bonchev–Trinajstić information content (AvgIpc) is 3.28. The normalized spacial score (nSPS) is 16.2. The fourth-order valence-electron chi connectivity index (χ4n) is 5.11. The first-order chi connectivity index (χ1) is 17.8. The maximum absolute atomic E-state index is 14.0. The van der Waals surface area contributed by atoms with Crippen molar-refractivity contribution in [2.24, 2.45) is 5.73 Å². The summed E-state index contributed by atoms with van der Waals surface area (Å²) >= 11 is 0. The molecule has 1 saturated heterocycles. The summed E-state index contributed by atoms with van der Waals surface area (Å²) in [5, 5.41) is 0. The van der Waals surface area contributed by atoms with Gasteiger partial charge >= 0.3 is 0 Å². The summed E-state index contributed by atoms with van der Waals surface area (Å²) in [6.07, 6.45) is 1.90. The Morgan fingerprint density at radius 2 is 1.81 bits per heavy atom. The monoisotopic (exact) mass is 506 g/mol. The van der Waals surface area contributed by atoms with Gasteiger partial charge in [0.05, 0.1) is 42.1 Å². The largest absolute Gasteiger partial charge is 0.383 e. The number of hydrogen-bond donors (Lipinski definition) is 1. The Hall–Kier alpha value is -3.57. The van der Waals surface area contributed by atoms with Crippen molar-refractivity contribution in [3.63, 3.8) is 0 Å². The molecule has 0 radical (unpaired) electrons. The van der Waals surface area contributed by atoms with Gasteiger partial charge < -0.3 is 19.9 Å². The van der Waals surface area contributed by atoms with Crippen molar-refractivity contribution >= 4 is 28.0 Å². The van der Waals surface area contributed by atoms with E-state index < -0.39 is 0 Å². The second kappa shape index (κ2) is 10.1. The SMILES string of the molecule is CCn1c(N2CCCC(N)C2)nc2c(=O)n(CCOC)n(Cc3ccc4nc(C)c(C)nc4c3)c(=O)c21. The molecule has 11 nitrogen and oxygen atoms in total. The Bertz CT molecular complexity index is 1590. The lowest BCUT2D eigenvalue weighted by Gasteiger charge is -2.31. The number of rotatable bonds is 7. The van der Waals surface area contributed by atoms with Crippen molar-refractivity contribution in [3.8, 4) is 0 Å². The highest BCUT2D eigenvalue weighted by Crippen LogP contribution is 2.22. The summed E-state index contributed by atoms with van der Waals surface area (Å²) in [6, 6.07) is 5.79. The Morgan fingerprint density at radius 3 is 2.51 bits per heavy atom. The predicted octanol–water partition coefficient (Wildman–Crippen LogP) is 1.56. The summed E-state index contributed by atoms with van der Waals surface area (Å²) in [5.74, 6) is 0.629. The van der Waals surface area contributed by atoms with Crippen molar-refractivity contribution in [2.75, 3.05) is 31.7 Å². The van der Waals surface area contributed by atoms with E-state index in [1.807, 2.05) is 43.5 Å². The number of aromatic nitrogens is 6. The van der Waals surface area contributed by atoms with E-state index in [1.165, 1.54) is 9.36 Å². The molecule has 196 valence electrons. The van der Waals surface area contributed by atoms with E-state index >= 15 is 0 Å². The predicted molar refractivity (Wildman–Crippen MR) is 143 cm³/mol. The molecule has 0 saturated carbocycles. The standard InChI is InChI=1S/C26H34N8O3/c1-5-32-23-22(30-26(32)31-10-6-7-19(27)15-31)24(35)33(11-12-37-4)34(25(23)36)14-18-8-9-20-21(13-18)29-17(3)16(2)28-20/h8-9,13,19H,5-7,10-12,14-15,27H2,1-4H3. The molecule has 0 spiro atoms. The van der Waals surface area contributed by atoms with Crippen LogP contribution in [0.1, 0.15) is 36.7 Å². The molecular weight excluding hydrogens is 472 g/mol. The van der Waals surface area contributed by atoms with E-state index in [0.29, 0.717) is 24.6 Å². The van der Waals surface area contributed by atoms with E-state index in [0.717, 1.165) is 47.4 Å². The van der Waals surface area contributed by atoms with E-state index in [-0.39, 0.29) is 42.4 Å². The Kier molecular flexibility index (Phi) is 6.82. The number of piperidine rings is 1. The zero-order chi connectivity index (χ0) is 26.3. The van der Waals surface area contributed by atoms with Crippen LogP contribution in [0.4, 0.5) is 5.95 Å². The van der Waals surface area contributed by atoms with Gasteiger partial charge in [-0.15, -0.1) is 0 Å². The molecule has 1 aliphatic rings. The number of hydrogen-bond acceptors (Lipinski definition) is 8.